The van der Waals surface area contributed by atoms with E-state index in [-0.39, 0.29) is 0 Å². The third-order valence-electron chi connectivity index (χ3n) is 7.88. The molecule has 0 unspecified atom stereocenters. The van der Waals surface area contributed by atoms with E-state index >= 15 is 0 Å². The van der Waals surface area contributed by atoms with E-state index in [1.54, 1.807) is 13.0 Å². The second-order valence-corrected chi connectivity index (χ2v) is 10.3. The van der Waals surface area contributed by atoms with E-state index in [9.17, 15) is 24.3 Å². The number of allylic oxidation sites excluding steroid dienone is 1. The fourth-order valence-electron chi connectivity index (χ4n) is 6.10. The van der Waals surface area contributed by atoms with Crippen LogP contribution in [0.25, 0.3) is 0 Å². The Bertz CT molecular complexity index is 952. The number of fused-ring (bicyclic) bond motifs is 2. The van der Waals surface area contributed by atoms with Gasteiger partial charge in [0.15, 0.2) is 11.7 Å². The molecule has 194 valence electrons. The van der Waals surface area contributed by atoms with Crippen LogP contribution in [0.5, 0.6) is 0 Å². The minimum Gasteiger partial charge on any atom is -0.462 e. The molecule has 1 saturated carbocycles. The molecule has 0 radical (unpaired) electrons. The first-order chi connectivity index (χ1) is 16.2. The first-order valence-corrected chi connectivity index (χ1v) is 12.0. The number of carbonyl (C=O) groups is 4. The Morgan fingerprint density at radius 1 is 1.03 bits per heavy atom. The van der Waals surface area contributed by atoms with Crippen molar-refractivity contribution in [2.45, 2.75) is 97.2 Å². The zero-order valence-electron chi connectivity index (χ0n) is 21.3. The number of esters is 4. The van der Waals surface area contributed by atoms with Crippen LogP contribution >= 0.6 is 0 Å². The van der Waals surface area contributed by atoms with Gasteiger partial charge in [0.05, 0.1) is 11.3 Å². The van der Waals surface area contributed by atoms with Gasteiger partial charge in [-0.3, -0.25) is 19.2 Å². The van der Waals surface area contributed by atoms with Gasteiger partial charge in [-0.05, 0) is 45.6 Å². The van der Waals surface area contributed by atoms with E-state index in [1.165, 1.54) is 27.7 Å². The largest absolute Gasteiger partial charge is 0.462 e. The summed E-state index contributed by atoms with van der Waals surface area (Å²) in [5.41, 5.74) is -1.63. The first-order valence-electron chi connectivity index (χ1n) is 12.0. The molecule has 0 aromatic heterocycles. The molecular formula is C26H36O9. The van der Waals surface area contributed by atoms with Crippen LogP contribution < -0.4 is 0 Å². The Morgan fingerprint density at radius 2 is 1.54 bits per heavy atom. The monoisotopic (exact) mass is 492 g/mol. The minimum atomic E-state index is -1.94. The Morgan fingerprint density at radius 3 is 2.06 bits per heavy atom. The van der Waals surface area contributed by atoms with Gasteiger partial charge in [0.25, 0.3) is 0 Å². The number of ether oxygens (including phenoxy) is 4. The van der Waals surface area contributed by atoms with Crippen molar-refractivity contribution >= 4 is 23.9 Å². The highest BCUT2D eigenvalue weighted by atomic mass is 16.6. The summed E-state index contributed by atoms with van der Waals surface area (Å²) in [5, 5.41) is 12.2. The topological polar surface area (TPSA) is 125 Å². The molecule has 1 N–H and O–H groups in total. The van der Waals surface area contributed by atoms with Crippen LogP contribution in [0.2, 0.25) is 0 Å². The van der Waals surface area contributed by atoms with Gasteiger partial charge in [0.2, 0.25) is 0 Å². The Kier molecular flexibility index (Phi) is 7.50. The second kappa shape index (κ2) is 9.76. The van der Waals surface area contributed by atoms with Crippen molar-refractivity contribution in [1.29, 1.82) is 0 Å². The first kappa shape index (κ1) is 26.9. The van der Waals surface area contributed by atoms with Gasteiger partial charge in [-0.25, -0.2) is 0 Å². The number of aliphatic hydroxyl groups is 1. The summed E-state index contributed by atoms with van der Waals surface area (Å²) in [6.45, 7) is 13.2. The van der Waals surface area contributed by atoms with E-state index in [0.29, 0.717) is 31.3 Å². The van der Waals surface area contributed by atoms with Gasteiger partial charge < -0.3 is 24.1 Å². The number of hydrogen-bond donors (Lipinski definition) is 1. The van der Waals surface area contributed by atoms with Crippen LogP contribution in [0.15, 0.2) is 23.8 Å². The molecule has 3 aliphatic rings. The second-order valence-electron chi connectivity index (χ2n) is 10.3. The van der Waals surface area contributed by atoms with Crippen molar-refractivity contribution < 1.29 is 43.2 Å². The van der Waals surface area contributed by atoms with Crippen LogP contribution in [0.1, 0.15) is 67.2 Å². The van der Waals surface area contributed by atoms with Gasteiger partial charge in [-0.2, -0.15) is 0 Å². The van der Waals surface area contributed by atoms with Gasteiger partial charge in [-0.1, -0.05) is 24.6 Å². The molecule has 2 aliphatic carbocycles. The van der Waals surface area contributed by atoms with E-state index in [1.807, 2.05) is 6.92 Å². The summed E-state index contributed by atoms with van der Waals surface area (Å²) in [6.07, 6.45) is -0.497. The molecule has 1 heterocycles. The minimum absolute atomic E-state index is 0.376. The van der Waals surface area contributed by atoms with E-state index in [4.69, 9.17) is 18.9 Å². The molecule has 35 heavy (non-hydrogen) atoms. The molecule has 0 amide bonds. The molecule has 3 rings (SSSR count). The van der Waals surface area contributed by atoms with Crippen LogP contribution in [0.3, 0.4) is 0 Å². The maximum atomic E-state index is 12.7. The molecule has 0 bridgehead atoms. The Labute approximate surface area is 205 Å². The normalized spacial score (nSPS) is 39.3. The lowest BCUT2D eigenvalue weighted by Crippen LogP contribution is -2.65. The highest BCUT2D eigenvalue weighted by Crippen LogP contribution is 2.56. The standard InChI is InChI=1S/C26H36O9/c1-13-8-10-19(32-16(4)27)25(7)20(33-17(5)28)11-9-14(2)22(25)23(34-18(6)29)26(31)15(3)24(30)35-21(26)12-13/h12,15,19-23,31H,2,8-11H2,1,3-7H3/t15-,19-,20-,21-,22+,23-,25-,26-/m0/s1. The van der Waals surface area contributed by atoms with E-state index < -0.39 is 71.1 Å². The molecule has 0 spiro atoms. The third-order valence-corrected chi connectivity index (χ3v) is 7.88. The average molecular weight is 493 g/mol. The molecular weight excluding hydrogens is 456 g/mol. The highest BCUT2D eigenvalue weighted by molar-refractivity contribution is 5.77. The maximum Gasteiger partial charge on any atom is 0.312 e. The zero-order valence-corrected chi connectivity index (χ0v) is 21.3. The Balaban J connectivity index is 2.33. The summed E-state index contributed by atoms with van der Waals surface area (Å²) < 4.78 is 23.0. The summed E-state index contributed by atoms with van der Waals surface area (Å²) in [5.74, 6) is -4.15. The van der Waals surface area contributed by atoms with Crippen LogP contribution in [0, 0.1) is 17.3 Å². The summed E-state index contributed by atoms with van der Waals surface area (Å²) in [4.78, 5) is 49.4. The van der Waals surface area contributed by atoms with Crippen molar-refractivity contribution in [3.8, 4) is 0 Å². The SMILES string of the molecule is C=C1CC[C@H](OC(C)=O)[C@]2(C)[C@@H](OC(C)=O)CCC(C)=C[C@@H]3OC(=O)[C@H](C)[C@@]3(O)[C@@H](OC(C)=O)[C@@H]12. The van der Waals surface area contributed by atoms with Gasteiger partial charge in [0, 0.05) is 26.7 Å². The van der Waals surface area contributed by atoms with Crippen molar-refractivity contribution in [3.63, 3.8) is 0 Å². The smallest absolute Gasteiger partial charge is 0.312 e. The highest BCUT2D eigenvalue weighted by Gasteiger charge is 2.67. The van der Waals surface area contributed by atoms with Crippen molar-refractivity contribution in [2.24, 2.45) is 17.3 Å². The third kappa shape index (κ3) is 4.75. The van der Waals surface area contributed by atoms with E-state index in [0.717, 1.165) is 5.57 Å². The number of carbonyl (C=O) groups excluding carboxylic acids is 4. The molecule has 1 aliphatic heterocycles. The molecule has 1 saturated heterocycles. The molecule has 0 aromatic carbocycles. The lowest BCUT2D eigenvalue weighted by molar-refractivity contribution is -0.219. The molecule has 0 aromatic rings. The lowest BCUT2D eigenvalue weighted by atomic mass is 9.55. The van der Waals surface area contributed by atoms with Crippen LogP contribution in [-0.2, 0) is 38.1 Å². The number of rotatable bonds is 3. The zero-order chi connectivity index (χ0) is 26.3. The average Bonchev–Trinajstić information content (AvgIpc) is 2.95. The lowest BCUT2D eigenvalue weighted by Gasteiger charge is -2.55. The summed E-state index contributed by atoms with van der Waals surface area (Å²) >= 11 is 0. The predicted molar refractivity (Wildman–Crippen MR) is 124 cm³/mol. The summed E-state index contributed by atoms with van der Waals surface area (Å²) in [6, 6.07) is 0. The van der Waals surface area contributed by atoms with Crippen molar-refractivity contribution in [2.75, 3.05) is 0 Å². The van der Waals surface area contributed by atoms with Crippen molar-refractivity contribution in [3.05, 3.63) is 23.8 Å². The van der Waals surface area contributed by atoms with Gasteiger partial charge >= 0.3 is 23.9 Å². The fraction of sp³-hybridized carbons (Fsp3) is 0.692. The molecule has 9 nitrogen and oxygen atoms in total. The van der Waals surface area contributed by atoms with Gasteiger partial charge in [-0.15, -0.1) is 0 Å². The summed E-state index contributed by atoms with van der Waals surface area (Å²) in [7, 11) is 0. The Hall–Kier alpha value is -2.68. The van der Waals surface area contributed by atoms with Crippen LogP contribution in [0.4, 0.5) is 0 Å². The molecule has 2 fully saturated rings. The molecule has 8 atom stereocenters. The van der Waals surface area contributed by atoms with E-state index in [2.05, 4.69) is 6.58 Å². The maximum absolute atomic E-state index is 12.7. The molecule has 9 heteroatoms. The van der Waals surface area contributed by atoms with Crippen LogP contribution in [-0.4, -0.2) is 59.0 Å². The quantitative estimate of drug-likeness (QED) is 0.359. The number of hydrogen-bond acceptors (Lipinski definition) is 9. The van der Waals surface area contributed by atoms with Crippen molar-refractivity contribution in [1.82, 2.24) is 0 Å². The fourth-order valence-corrected chi connectivity index (χ4v) is 6.10. The predicted octanol–water partition coefficient (Wildman–Crippen LogP) is 2.79. The van der Waals surface area contributed by atoms with Gasteiger partial charge in [0.1, 0.15) is 18.3 Å².